The first-order chi connectivity index (χ1) is 8.24. The lowest BCUT2D eigenvalue weighted by Gasteiger charge is -2.24. The molecule has 0 aromatic heterocycles. The zero-order valence-corrected chi connectivity index (χ0v) is 11.8. The molecule has 17 heavy (non-hydrogen) atoms. The van der Waals surface area contributed by atoms with Crippen LogP contribution in [0.25, 0.3) is 0 Å². The molecule has 0 spiro atoms. The first-order valence-electron chi connectivity index (χ1n) is 5.86. The van der Waals surface area contributed by atoms with Crippen LogP contribution < -0.4 is 5.73 Å². The summed E-state index contributed by atoms with van der Waals surface area (Å²) < 4.78 is 15.5. The molecule has 0 amide bonds. The molecule has 0 atom stereocenters. The second-order valence-electron chi connectivity index (χ2n) is 3.04. The third-order valence-electron chi connectivity index (χ3n) is 1.60. The molecule has 0 aromatic rings. The van der Waals surface area contributed by atoms with E-state index >= 15 is 0 Å². The van der Waals surface area contributed by atoms with Gasteiger partial charge in [0, 0.05) is 6.04 Å². The number of rotatable bonds is 12. The summed E-state index contributed by atoms with van der Waals surface area (Å²) in [6.45, 7) is 7.01. The van der Waals surface area contributed by atoms with E-state index in [9.17, 15) is 0 Å². The van der Waals surface area contributed by atoms with Crippen LogP contribution in [0, 0.1) is 0 Å². The molecule has 0 bridgehead atoms. The van der Waals surface area contributed by atoms with Gasteiger partial charge in [0.1, 0.15) is 0 Å². The Morgan fingerprint density at radius 2 is 1.24 bits per heavy atom. The van der Waals surface area contributed by atoms with Gasteiger partial charge in [0.05, 0.1) is 19.8 Å². The van der Waals surface area contributed by atoms with Crippen molar-refractivity contribution in [3.63, 3.8) is 0 Å². The first-order valence-corrected chi connectivity index (χ1v) is 7.79. The van der Waals surface area contributed by atoms with Gasteiger partial charge in [-0.3, -0.25) is 0 Å². The number of nitrogens with two attached hydrogens (primary N) is 1. The normalized spacial score (nSPS) is 12.0. The van der Waals surface area contributed by atoms with Crippen molar-refractivity contribution in [2.75, 3.05) is 26.4 Å². The smallest absolute Gasteiger partial charge is 0.330 e. The van der Waals surface area contributed by atoms with Gasteiger partial charge < -0.3 is 5.73 Å². The fourth-order valence-corrected chi connectivity index (χ4v) is 2.79. The molecule has 0 aliphatic carbocycles. The minimum absolute atomic E-state index is 0.377. The highest BCUT2D eigenvalue weighted by atomic mass is 28.4. The molecule has 0 fully saturated rings. The van der Waals surface area contributed by atoms with E-state index in [0.29, 0.717) is 38.8 Å². The summed E-state index contributed by atoms with van der Waals surface area (Å²) in [5.74, 6) is 0. The summed E-state index contributed by atoms with van der Waals surface area (Å²) in [5, 5.41) is 0. The highest BCUT2D eigenvalue weighted by Crippen LogP contribution is 2.19. The maximum atomic E-state index is 5.45. The molecule has 0 heterocycles. The van der Waals surface area contributed by atoms with E-state index in [1.165, 1.54) is 0 Å². The highest BCUT2D eigenvalue weighted by Gasteiger charge is 2.46. The molecule has 0 saturated heterocycles. The third-order valence-corrected chi connectivity index (χ3v) is 3.68. The molecular weight excluding hydrogens is 246 g/mol. The van der Waals surface area contributed by atoms with Gasteiger partial charge in [-0.15, -0.1) is 0 Å². The Kier molecular flexibility index (Phi) is 11.0. The van der Waals surface area contributed by atoms with Crippen molar-refractivity contribution >= 4 is 8.80 Å². The molecule has 0 unspecified atom stereocenters. The molecule has 104 valence electrons. The minimum atomic E-state index is -3.13. The van der Waals surface area contributed by atoms with E-state index in [-0.39, 0.29) is 0 Å². The predicted octanol–water partition coefficient (Wildman–Crippen LogP) is 1.18. The average molecular weight is 269 g/mol. The zero-order chi connectivity index (χ0) is 13.0. The molecule has 0 aliphatic rings. The summed E-state index contributed by atoms with van der Waals surface area (Å²) >= 11 is 0. The van der Waals surface area contributed by atoms with Crippen molar-refractivity contribution in [2.24, 2.45) is 5.73 Å². The lowest BCUT2D eigenvalue weighted by Crippen LogP contribution is -2.46. The van der Waals surface area contributed by atoms with Gasteiger partial charge in [-0.1, -0.05) is 0 Å². The van der Waals surface area contributed by atoms with E-state index in [1.807, 2.05) is 0 Å². The average Bonchev–Trinajstić information content (AvgIpc) is 2.37. The molecular formula is C9H23NO6Si. The van der Waals surface area contributed by atoms with Crippen LogP contribution in [0.2, 0.25) is 6.04 Å². The van der Waals surface area contributed by atoms with Crippen LogP contribution in [0.15, 0.2) is 0 Å². The molecule has 7 nitrogen and oxygen atoms in total. The Bertz CT molecular complexity index is 136. The Hall–Kier alpha value is -0.0631. The first kappa shape index (κ1) is 16.9. The van der Waals surface area contributed by atoms with Crippen LogP contribution >= 0.6 is 0 Å². The standard InChI is InChI=1S/C9H23NO6Si/c1-4-11-14-17(9-7-8-10,15-12-5-2)16-13-6-3/h4-10H2,1-3H3. The van der Waals surface area contributed by atoms with Crippen molar-refractivity contribution in [3.8, 4) is 0 Å². The van der Waals surface area contributed by atoms with E-state index < -0.39 is 8.80 Å². The number of hydrogen-bond acceptors (Lipinski definition) is 7. The molecule has 0 aromatic carbocycles. The fourth-order valence-electron chi connectivity index (χ4n) is 0.931. The number of hydrogen-bond donors (Lipinski definition) is 1. The van der Waals surface area contributed by atoms with Gasteiger partial charge in [0.25, 0.3) is 0 Å². The van der Waals surface area contributed by atoms with Crippen LogP contribution in [-0.4, -0.2) is 35.2 Å². The minimum Gasteiger partial charge on any atom is -0.330 e. The van der Waals surface area contributed by atoms with Crippen LogP contribution in [0.4, 0.5) is 0 Å². The van der Waals surface area contributed by atoms with Crippen molar-refractivity contribution in [3.05, 3.63) is 0 Å². The molecule has 0 saturated carbocycles. The van der Waals surface area contributed by atoms with Crippen molar-refractivity contribution < 1.29 is 28.4 Å². The fraction of sp³-hybridized carbons (Fsp3) is 1.00. The third kappa shape index (κ3) is 7.79. The maximum Gasteiger partial charge on any atom is 0.584 e. The van der Waals surface area contributed by atoms with Gasteiger partial charge in [0.2, 0.25) is 0 Å². The lowest BCUT2D eigenvalue weighted by atomic mass is 10.5. The Labute approximate surface area is 103 Å². The SMILES string of the molecule is CCOO[Si](CCCN)(OOCC)OOCC. The van der Waals surface area contributed by atoms with Crippen molar-refractivity contribution in [1.82, 2.24) is 0 Å². The summed E-state index contributed by atoms with van der Waals surface area (Å²) in [4.78, 5) is 14.7. The van der Waals surface area contributed by atoms with Crippen molar-refractivity contribution in [1.29, 1.82) is 0 Å². The molecule has 8 heteroatoms. The molecule has 2 N–H and O–H groups in total. The van der Waals surface area contributed by atoms with Crippen LogP contribution in [0.1, 0.15) is 27.2 Å². The van der Waals surface area contributed by atoms with E-state index in [1.54, 1.807) is 20.8 Å². The lowest BCUT2D eigenvalue weighted by molar-refractivity contribution is -0.360. The van der Waals surface area contributed by atoms with E-state index in [2.05, 4.69) is 0 Å². The van der Waals surface area contributed by atoms with Gasteiger partial charge in [0.15, 0.2) is 0 Å². The summed E-state index contributed by atoms with van der Waals surface area (Å²) in [6.07, 6.45) is 0.666. The maximum absolute atomic E-state index is 5.45. The van der Waals surface area contributed by atoms with Gasteiger partial charge >= 0.3 is 8.80 Å². The molecule has 0 radical (unpaired) electrons. The van der Waals surface area contributed by atoms with Gasteiger partial charge in [-0.05, 0) is 33.7 Å². The molecule has 0 aliphatic heterocycles. The van der Waals surface area contributed by atoms with Crippen LogP contribution in [-0.2, 0) is 28.4 Å². The second-order valence-corrected chi connectivity index (χ2v) is 5.41. The molecule has 0 rings (SSSR count). The Balaban J connectivity index is 4.39. The van der Waals surface area contributed by atoms with E-state index in [0.717, 1.165) is 0 Å². The largest absolute Gasteiger partial charge is 0.584 e. The van der Waals surface area contributed by atoms with E-state index in [4.69, 9.17) is 34.1 Å². The van der Waals surface area contributed by atoms with Crippen molar-refractivity contribution in [2.45, 2.75) is 33.2 Å². The monoisotopic (exact) mass is 269 g/mol. The summed E-state index contributed by atoms with van der Waals surface area (Å²) in [5.41, 5.74) is 5.45. The highest BCUT2D eigenvalue weighted by molar-refractivity contribution is 6.59. The predicted molar refractivity (Wildman–Crippen MR) is 62.4 cm³/mol. The quantitative estimate of drug-likeness (QED) is 0.323. The van der Waals surface area contributed by atoms with Crippen LogP contribution in [0.5, 0.6) is 0 Å². The summed E-state index contributed by atoms with van der Waals surface area (Å²) in [6, 6.07) is 0.462. The summed E-state index contributed by atoms with van der Waals surface area (Å²) in [7, 11) is -3.13. The topological polar surface area (TPSA) is 81.4 Å². The zero-order valence-electron chi connectivity index (χ0n) is 10.8. The second kappa shape index (κ2) is 11.1. The van der Waals surface area contributed by atoms with Gasteiger partial charge in [-0.2, -0.15) is 0 Å². The Morgan fingerprint density at radius 1 is 0.824 bits per heavy atom. The Morgan fingerprint density at radius 3 is 1.53 bits per heavy atom. The van der Waals surface area contributed by atoms with Crippen LogP contribution in [0.3, 0.4) is 0 Å². The van der Waals surface area contributed by atoms with Gasteiger partial charge in [-0.25, -0.2) is 28.4 Å².